The first kappa shape index (κ1) is 28.5. The van der Waals surface area contributed by atoms with Gasteiger partial charge in [-0.1, -0.05) is 0 Å². The van der Waals surface area contributed by atoms with Crippen molar-refractivity contribution in [3.63, 3.8) is 0 Å². The van der Waals surface area contributed by atoms with Gasteiger partial charge in [-0.3, -0.25) is 0 Å². The van der Waals surface area contributed by atoms with Crippen LogP contribution in [0.15, 0.2) is 20.5 Å². The number of rotatable bonds is 6. The van der Waals surface area contributed by atoms with Gasteiger partial charge in [-0.25, -0.2) is 0 Å². The maximum atomic E-state index is 10.6. The van der Waals surface area contributed by atoms with Crippen molar-refractivity contribution in [3.05, 3.63) is 45.6 Å². The van der Waals surface area contributed by atoms with E-state index in [9.17, 15) is 15.6 Å². The monoisotopic (exact) mass is 631 g/mol. The number of fused-ring (bicyclic) bond motifs is 2. The average molecular weight is 632 g/mol. The molecule has 0 bridgehead atoms. The highest BCUT2D eigenvalue weighted by Crippen LogP contribution is 2.32. The fourth-order valence-electron chi connectivity index (χ4n) is 4.77. The Kier molecular flexibility index (Phi) is 6.34. The molecule has 0 fully saturated rings. The van der Waals surface area contributed by atoms with E-state index in [4.69, 9.17) is 0 Å². The third-order valence-electron chi connectivity index (χ3n) is 6.88. The third kappa shape index (κ3) is 4.60. The van der Waals surface area contributed by atoms with Gasteiger partial charge in [0.05, 0.1) is 22.8 Å². The molecular formula is C25H21N21O. The number of hydrogen-bond acceptors (Lipinski definition) is 16. The summed E-state index contributed by atoms with van der Waals surface area (Å²) in [5.74, 6) is 0.734. The van der Waals surface area contributed by atoms with Crippen LogP contribution in [0.5, 0.6) is 6.01 Å². The Morgan fingerprint density at radius 1 is 0.574 bits per heavy atom. The third-order valence-corrected chi connectivity index (χ3v) is 6.88. The lowest BCUT2D eigenvalue weighted by Crippen LogP contribution is -2.10. The van der Waals surface area contributed by atoms with Crippen LogP contribution >= 0.6 is 0 Å². The highest BCUT2D eigenvalue weighted by Gasteiger charge is 2.24. The molecule has 0 aromatic carbocycles. The number of hydrogen-bond donors (Lipinski definition) is 3. The minimum Gasteiger partial charge on any atom is -0.479 e. The SMILES string of the molecule is Cc1nn2nc(C)c(N=Nc3c(C#N)c(C)nn3-c3nc(O)nc(-n4nc(C)c(C#N)c4N=Nc4c(C)nn5nc(C)[nH]c45)n3)c2[nH]1. The minimum atomic E-state index is -0.710. The lowest BCUT2D eigenvalue weighted by Gasteiger charge is -2.06. The molecule has 47 heavy (non-hydrogen) atoms. The van der Waals surface area contributed by atoms with Gasteiger partial charge in [0.15, 0.2) is 34.3 Å². The molecule has 0 aliphatic rings. The second-order valence-electron chi connectivity index (χ2n) is 10.2. The zero-order valence-electron chi connectivity index (χ0n) is 25.4. The number of nitriles is 2. The van der Waals surface area contributed by atoms with Gasteiger partial charge in [0.1, 0.15) is 34.9 Å². The van der Waals surface area contributed by atoms with E-state index < -0.39 is 6.01 Å². The maximum Gasteiger partial charge on any atom is 0.320 e. The van der Waals surface area contributed by atoms with E-state index >= 15 is 0 Å². The van der Waals surface area contributed by atoms with Crippen LogP contribution in [0.25, 0.3) is 23.2 Å². The Hall–Kier alpha value is -7.23. The largest absolute Gasteiger partial charge is 0.479 e. The molecule has 7 aromatic rings. The van der Waals surface area contributed by atoms with E-state index in [1.807, 2.05) is 0 Å². The fraction of sp³-hybridized carbons (Fsp3) is 0.240. The van der Waals surface area contributed by atoms with E-state index in [2.05, 4.69) is 88.1 Å². The Morgan fingerprint density at radius 2 is 1.00 bits per heavy atom. The number of H-pyrrole nitrogens is 2. The lowest BCUT2D eigenvalue weighted by atomic mass is 10.3. The van der Waals surface area contributed by atoms with Crippen molar-refractivity contribution in [3.8, 4) is 30.0 Å². The first-order chi connectivity index (χ1) is 22.6. The molecule has 7 rings (SSSR count). The molecule has 232 valence electrons. The molecule has 0 saturated heterocycles. The van der Waals surface area contributed by atoms with E-state index in [0.29, 0.717) is 57.1 Å². The van der Waals surface area contributed by atoms with Crippen molar-refractivity contribution in [2.45, 2.75) is 41.5 Å². The quantitative estimate of drug-likeness (QED) is 0.223. The van der Waals surface area contributed by atoms with Gasteiger partial charge in [-0.05, 0) is 41.5 Å². The fourth-order valence-corrected chi connectivity index (χ4v) is 4.77. The summed E-state index contributed by atoms with van der Waals surface area (Å²) in [6.45, 7) is 10.2. The summed E-state index contributed by atoms with van der Waals surface area (Å²) in [7, 11) is 0. The summed E-state index contributed by atoms with van der Waals surface area (Å²) >= 11 is 0. The normalized spacial score (nSPS) is 11.9. The first-order valence-corrected chi connectivity index (χ1v) is 13.7. The summed E-state index contributed by atoms with van der Waals surface area (Å²) in [5, 5.41) is 73.7. The molecule has 7 heterocycles. The molecule has 0 aliphatic heterocycles. The summed E-state index contributed by atoms with van der Waals surface area (Å²) in [6, 6.07) is 3.43. The smallest absolute Gasteiger partial charge is 0.320 e. The zero-order valence-corrected chi connectivity index (χ0v) is 25.4. The van der Waals surface area contributed by atoms with E-state index in [-0.39, 0.29) is 34.7 Å². The van der Waals surface area contributed by atoms with Crippen molar-refractivity contribution in [1.82, 2.24) is 74.1 Å². The molecule has 0 radical (unpaired) electrons. The van der Waals surface area contributed by atoms with Crippen LogP contribution < -0.4 is 0 Å². The molecule has 22 heteroatoms. The Bertz CT molecular complexity index is 2360. The standard InChI is InChI=1S/C25H21N21O/c1-9-15(7-26)19(35-33-17-11(3)39-45-21(17)28-13(5)41-45)43(37-9)23-30-24(32-25(47)31-23)44-20(16(8-27)10(2)38-44)36-34-18-12(4)40-46-22(18)29-14(6)42-46/h1-6H3,(H,28,41)(H,29,42)(H,30,31,32,47). The van der Waals surface area contributed by atoms with Crippen LogP contribution in [0.4, 0.5) is 23.0 Å². The topological polar surface area (TPSA) is 284 Å². The van der Waals surface area contributed by atoms with Gasteiger partial charge in [0.2, 0.25) is 0 Å². The molecule has 0 unspecified atom stereocenters. The van der Waals surface area contributed by atoms with Crippen molar-refractivity contribution < 1.29 is 5.11 Å². The number of aromatic nitrogens is 15. The van der Waals surface area contributed by atoms with Crippen LogP contribution in [-0.2, 0) is 0 Å². The van der Waals surface area contributed by atoms with Crippen molar-refractivity contribution in [1.29, 1.82) is 10.5 Å². The van der Waals surface area contributed by atoms with Gasteiger partial charge in [0, 0.05) is 0 Å². The molecule has 0 amide bonds. The molecule has 0 atom stereocenters. The van der Waals surface area contributed by atoms with E-state index in [1.54, 1.807) is 41.5 Å². The van der Waals surface area contributed by atoms with E-state index in [0.717, 1.165) is 9.36 Å². The highest BCUT2D eigenvalue weighted by molar-refractivity contribution is 5.67. The molecule has 0 spiro atoms. The van der Waals surface area contributed by atoms with Crippen molar-refractivity contribution >= 4 is 34.3 Å². The molecule has 22 nitrogen and oxygen atoms in total. The van der Waals surface area contributed by atoms with Gasteiger partial charge < -0.3 is 15.1 Å². The van der Waals surface area contributed by atoms with Gasteiger partial charge in [-0.2, -0.15) is 55.2 Å². The Morgan fingerprint density at radius 3 is 1.40 bits per heavy atom. The molecular weight excluding hydrogens is 610 g/mol. The van der Waals surface area contributed by atoms with Crippen LogP contribution in [0.2, 0.25) is 0 Å². The van der Waals surface area contributed by atoms with Crippen LogP contribution in [0.3, 0.4) is 0 Å². The van der Waals surface area contributed by atoms with Gasteiger partial charge >= 0.3 is 6.01 Å². The summed E-state index contributed by atoms with van der Waals surface area (Å²) in [4.78, 5) is 18.6. The van der Waals surface area contributed by atoms with Crippen molar-refractivity contribution in [2.24, 2.45) is 20.5 Å². The Balaban J connectivity index is 1.35. The Labute approximate surface area is 261 Å². The number of azo groups is 2. The predicted octanol–water partition coefficient (Wildman–Crippen LogP) is 3.11. The molecule has 0 saturated carbocycles. The number of aryl methyl sites for hydroxylation is 6. The average Bonchev–Trinajstić information content (AvgIpc) is 3.83. The van der Waals surface area contributed by atoms with Crippen LogP contribution in [-0.4, -0.2) is 79.2 Å². The highest BCUT2D eigenvalue weighted by atomic mass is 16.3. The molecule has 7 aromatic heterocycles. The van der Waals surface area contributed by atoms with Gasteiger partial charge in [0.25, 0.3) is 11.9 Å². The number of nitrogens with one attached hydrogen (secondary N) is 2. The minimum absolute atomic E-state index is 0.0265. The van der Waals surface area contributed by atoms with E-state index in [1.165, 1.54) is 9.26 Å². The molecule has 0 aliphatic carbocycles. The number of aromatic hydroxyl groups is 1. The summed E-state index contributed by atoms with van der Waals surface area (Å²) < 4.78 is 5.05. The lowest BCUT2D eigenvalue weighted by molar-refractivity contribution is 0.423. The number of aromatic amines is 2. The first-order valence-electron chi connectivity index (χ1n) is 13.7. The second-order valence-corrected chi connectivity index (χ2v) is 10.2. The maximum absolute atomic E-state index is 10.6. The predicted molar refractivity (Wildman–Crippen MR) is 157 cm³/mol. The van der Waals surface area contributed by atoms with Crippen molar-refractivity contribution in [2.75, 3.05) is 0 Å². The second kappa shape index (κ2) is 10.4. The van der Waals surface area contributed by atoms with Gasteiger partial charge in [-0.15, -0.1) is 39.9 Å². The zero-order chi connectivity index (χ0) is 33.1. The summed E-state index contributed by atoms with van der Waals surface area (Å²) in [5.41, 5.74) is 3.63. The van der Waals surface area contributed by atoms with Crippen LogP contribution in [0.1, 0.15) is 45.6 Å². The van der Waals surface area contributed by atoms with Crippen LogP contribution in [0, 0.1) is 64.2 Å². The summed E-state index contributed by atoms with van der Waals surface area (Å²) in [6.07, 6.45) is 0. The number of nitrogens with zero attached hydrogens (tertiary/aromatic N) is 19. The molecule has 3 N–H and O–H groups in total.